The lowest BCUT2D eigenvalue weighted by molar-refractivity contribution is -0.146. The van der Waals surface area contributed by atoms with Crippen LogP contribution in [0.2, 0.25) is 0 Å². The number of carbonyl (C=O) groups excluding carboxylic acids is 6. The van der Waals surface area contributed by atoms with Crippen LogP contribution in [0.3, 0.4) is 0 Å². The summed E-state index contributed by atoms with van der Waals surface area (Å²) in [6.07, 6.45) is -0.549. The summed E-state index contributed by atoms with van der Waals surface area (Å²) in [6, 6.07) is 16.4. The zero-order valence-electron chi connectivity index (χ0n) is 34.3. The van der Waals surface area contributed by atoms with Crippen molar-refractivity contribution in [2.45, 2.75) is 117 Å². The highest BCUT2D eigenvalue weighted by Crippen LogP contribution is 2.11. The Kier molecular flexibility index (Phi) is 21.6. The third-order valence-corrected chi connectivity index (χ3v) is 7.45. The van der Waals surface area contributed by atoms with E-state index in [2.05, 4.69) is 33.1 Å². The first-order valence-corrected chi connectivity index (χ1v) is 19.2. The maximum absolute atomic E-state index is 12.9. The van der Waals surface area contributed by atoms with Crippen LogP contribution in [-0.4, -0.2) is 85.9 Å². The van der Waals surface area contributed by atoms with Crippen LogP contribution in [0.25, 0.3) is 0 Å². The summed E-state index contributed by atoms with van der Waals surface area (Å²) >= 11 is 0. The highest BCUT2D eigenvalue weighted by Gasteiger charge is 2.26. The molecule has 4 N–H and O–H groups in total. The number of rotatable bonds is 20. The number of unbranched alkanes of at least 4 members (excludes halogenated alkanes) is 2. The van der Waals surface area contributed by atoms with E-state index in [-0.39, 0.29) is 52.4 Å². The summed E-state index contributed by atoms with van der Waals surface area (Å²) in [5, 5.41) is 10.4. The normalized spacial score (nSPS) is 11.9. The van der Waals surface area contributed by atoms with Crippen molar-refractivity contribution in [3.05, 3.63) is 71.8 Å². The van der Waals surface area contributed by atoms with Crippen molar-refractivity contribution in [2.75, 3.05) is 26.3 Å². The molecule has 4 amide bonds. The third kappa shape index (κ3) is 23.8. The topological polar surface area (TPSA) is 206 Å². The second-order valence-electron chi connectivity index (χ2n) is 14.9. The van der Waals surface area contributed by atoms with Crippen LogP contribution in [0.4, 0.5) is 19.2 Å². The number of alkyl carbamates (subject to hydrolysis) is 4. The van der Waals surface area contributed by atoms with E-state index < -0.39 is 59.6 Å². The fourth-order valence-corrected chi connectivity index (χ4v) is 4.79. The number of hydrogen-bond acceptors (Lipinski definition) is 12. The van der Waals surface area contributed by atoms with Gasteiger partial charge in [0.2, 0.25) is 0 Å². The lowest BCUT2D eigenvalue weighted by Crippen LogP contribution is -2.44. The minimum atomic E-state index is -1.06. The first kappa shape index (κ1) is 48.2. The van der Waals surface area contributed by atoms with Crippen molar-refractivity contribution < 1.29 is 57.2 Å². The van der Waals surface area contributed by atoms with Gasteiger partial charge in [-0.2, -0.15) is 0 Å². The fraction of sp³-hybridized carbons (Fsp3) is 0.524. The smallest absolute Gasteiger partial charge is 0.408 e. The van der Waals surface area contributed by atoms with Gasteiger partial charge in [-0.25, -0.2) is 28.8 Å². The monoisotopic (exact) mass is 810 g/mol. The van der Waals surface area contributed by atoms with Gasteiger partial charge < -0.3 is 49.7 Å². The molecular weight excluding hydrogens is 752 g/mol. The van der Waals surface area contributed by atoms with Gasteiger partial charge >= 0.3 is 36.3 Å². The quantitative estimate of drug-likeness (QED) is 0.0522. The molecule has 2 atom stereocenters. The van der Waals surface area contributed by atoms with Crippen molar-refractivity contribution in [3.63, 3.8) is 0 Å². The van der Waals surface area contributed by atoms with Crippen LogP contribution in [0.5, 0.6) is 0 Å². The summed E-state index contributed by atoms with van der Waals surface area (Å²) in [4.78, 5) is 74.8. The standard InChI is InChI=1S/C42H58N4O12/c1-41(2,3)57-39(51)45-33(23-13-15-25-43-37(49)55-29-31-19-9-7-10-20-31)35(47)53-27-17-18-28-54-36(48)34(46-40(52)58-42(4,5)6)24-14-16-26-44-38(50)56-30-32-21-11-8-12-22-32/h7-12,19-22,33-34H,13-16,23-30H2,1-6H3,(H,43,49)(H,44,50)(H,45,51)(H,46,52)/t33-,34-/m0/s1. The molecule has 0 fully saturated rings. The maximum atomic E-state index is 12.9. The molecule has 318 valence electrons. The van der Waals surface area contributed by atoms with Gasteiger partial charge in [0.25, 0.3) is 0 Å². The average Bonchev–Trinajstić information content (AvgIpc) is 3.15. The summed E-state index contributed by atoms with van der Waals surface area (Å²) in [6.45, 7) is 10.2. The molecular formula is C42H58N4O12. The molecule has 2 aromatic carbocycles. The summed E-state index contributed by atoms with van der Waals surface area (Å²) < 4.78 is 31.5. The third-order valence-electron chi connectivity index (χ3n) is 7.45. The van der Waals surface area contributed by atoms with Crippen LogP contribution in [0.1, 0.15) is 91.2 Å². The molecule has 0 heterocycles. The Morgan fingerprint density at radius 2 is 0.879 bits per heavy atom. The van der Waals surface area contributed by atoms with Gasteiger partial charge in [-0.1, -0.05) is 72.5 Å². The number of nitrogens with one attached hydrogen (secondary N) is 4. The minimum Gasteiger partial charge on any atom is -0.451 e. The highest BCUT2D eigenvalue weighted by molar-refractivity contribution is 5.82. The summed E-state index contributed by atoms with van der Waals surface area (Å²) in [7, 11) is 0. The van der Waals surface area contributed by atoms with Gasteiger partial charge in [-0.15, -0.1) is 0 Å². The van der Waals surface area contributed by atoms with E-state index >= 15 is 0 Å². The molecule has 0 radical (unpaired) electrons. The Bertz CT molecular complexity index is 1530. The van der Waals surface area contributed by atoms with E-state index in [1.165, 1.54) is 0 Å². The molecule has 0 unspecified atom stereocenters. The van der Waals surface area contributed by atoms with Crippen molar-refractivity contribution in [2.24, 2.45) is 0 Å². The molecule has 0 spiro atoms. The SMILES string of the molecule is CC(C)(C)OC(=O)N[C@@H](CCCCNC(=O)OCc1ccccc1)C(=O)OCC#CCOC(=O)[C@H](CCCCNC(=O)OCc1ccccc1)NC(=O)OC(C)(C)C. The second kappa shape index (κ2) is 26.0. The molecule has 16 heteroatoms. The molecule has 58 heavy (non-hydrogen) atoms. The summed E-state index contributed by atoms with van der Waals surface area (Å²) in [5.41, 5.74) is 0.103. The van der Waals surface area contributed by atoms with Crippen molar-refractivity contribution in [1.82, 2.24) is 21.3 Å². The van der Waals surface area contributed by atoms with Crippen LogP contribution in [-0.2, 0) is 51.2 Å². The van der Waals surface area contributed by atoms with E-state index in [0.717, 1.165) is 11.1 Å². The number of ether oxygens (including phenoxy) is 6. The Morgan fingerprint density at radius 3 is 1.22 bits per heavy atom. The number of hydrogen-bond donors (Lipinski definition) is 4. The molecule has 0 aliphatic carbocycles. The molecule has 0 aromatic heterocycles. The summed E-state index contributed by atoms with van der Waals surface area (Å²) in [5.74, 6) is 3.67. The van der Waals surface area contributed by atoms with Gasteiger partial charge in [0, 0.05) is 13.1 Å². The zero-order chi connectivity index (χ0) is 42.8. The van der Waals surface area contributed by atoms with Gasteiger partial charge in [0.15, 0.2) is 13.2 Å². The fourth-order valence-electron chi connectivity index (χ4n) is 4.79. The first-order chi connectivity index (χ1) is 27.5. The van der Waals surface area contributed by atoms with Crippen LogP contribution < -0.4 is 21.3 Å². The van der Waals surface area contributed by atoms with Crippen molar-refractivity contribution in [1.29, 1.82) is 0 Å². The van der Waals surface area contributed by atoms with Gasteiger partial charge in [-0.3, -0.25) is 0 Å². The maximum Gasteiger partial charge on any atom is 0.408 e. The molecule has 2 aromatic rings. The molecule has 0 aliphatic heterocycles. The number of benzene rings is 2. The van der Waals surface area contributed by atoms with Crippen LogP contribution >= 0.6 is 0 Å². The predicted molar refractivity (Wildman–Crippen MR) is 213 cm³/mol. The number of esters is 2. The minimum absolute atomic E-state index is 0.133. The predicted octanol–water partition coefficient (Wildman–Crippen LogP) is 6.06. The van der Waals surface area contributed by atoms with Crippen LogP contribution in [0.15, 0.2) is 60.7 Å². The Balaban J connectivity index is 1.82. The van der Waals surface area contributed by atoms with Gasteiger partial charge in [0.1, 0.15) is 36.5 Å². The average molecular weight is 811 g/mol. The van der Waals surface area contributed by atoms with E-state index in [9.17, 15) is 28.8 Å². The molecule has 2 rings (SSSR count). The largest absolute Gasteiger partial charge is 0.451 e. The van der Waals surface area contributed by atoms with Gasteiger partial charge in [0.05, 0.1) is 0 Å². The van der Waals surface area contributed by atoms with Gasteiger partial charge in [-0.05, 0) is 91.2 Å². The molecule has 0 bridgehead atoms. The lowest BCUT2D eigenvalue weighted by atomic mass is 10.1. The number of carbonyl (C=O) groups is 6. The van der Waals surface area contributed by atoms with E-state index in [1.807, 2.05) is 60.7 Å². The molecule has 0 saturated heterocycles. The highest BCUT2D eigenvalue weighted by atomic mass is 16.6. The van der Waals surface area contributed by atoms with Crippen molar-refractivity contribution in [3.8, 4) is 11.8 Å². The van der Waals surface area contributed by atoms with E-state index in [0.29, 0.717) is 25.7 Å². The molecule has 0 saturated carbocycles. The molecule has 16 nitrogen and oxygen atoms in total. The second-order valence-corrected chi connectivity index (χ2v) is 14.9. The van der Waals surface area contributed by atoms with Crippen molar-refractivity contribution >= 4 is 36.3 Å². The number of amides is 4. The Morgan fingerprint density at radius 1 is 0.517 bits per heavy atom. The van der Waals surface area contributed by atoms with Crippen LogP contribution in [0, 0.1) is 11.8 Å². The van der Waals surface area contributed by atoms with E-state index in [1.54, 1.807) is 41.5 Å². The zero-order valence-corrected chi connectivity index (χ0v) is 34.3. The Hall–Kier alpha value is -5.98. The lowest BCUT2D eigenvalue weighted by Gasteiger charge is -2.23. The Labute approximate surface area is 340 Å². The molecule has 0 aliphatic rings. The van der Waals surface area contributed by atoms with E-state index in [4.69, 9.17) is 28.4 Å². The first-order valence-electron chi connectivity index (χ1n) is 19.2.